The average Bonchev–Trinajstić information content (AvgIpc) is 2.35. The second-order valence-electron chi connectivity index (χ2n) is 2.47. The second kappa shape index (κ2) is 3.21. The molecule has 0 aromatic carbocycles. The van der Waals surface area contributed by atoms with E-state index in [0.717, 1.165) is 0 Å². The van der Waals surface area contributed by atoms with Gasteiger partial charge in [0.05, 0.1) is 12.7 Å². The fraction of sp³-hybridized carbons (Fsp3) is 0.286. The largest absolute Gasteiger partial charge is 0.291 e. The van der Waals surface area contributed by atoms with E-state index in [0.29, 0.717) is 12.2 Å². The fourth-order valence-electron chi connectivity index (χ4n) is 0.851. The van der Waals surface area contributed by atoms with Crippen molar-refractivity contribution in [3.05, 3.63) is 31.0 Å². The van der Waals surface area contributed by atoms with Gasteiger partial charge in [-0.2, -0.15) is 0 Å². The molecule has 0 aliphatic carbocycles. The highest BCUT2D eigenvalue weighted by molar-refractivity contribution is 4.88. The molecule has 0 fully saturated rings. The second-order valence-corrected chi connectivity index (χ2v) is 2.47. The van der Waals surface area contributed by atoms with Crippen molar-refractivity contribution in [3.8, 4) is 0 Å². The molecule has 0 spiro atoms. The molecule has 2 N–H and O–H groups in total. The summed E-state index contributed by atoms with van der Waals surface area (Å²) >= 11 is 0. The van der Waals surface area contributed by atoms with Crippen molar-refractivity contribution in [1.29, 1.82) is 0 Å². The van der Waals surface area contributed by atoms with Crippen LogP contribution in [-0.2, 0) is 13.6 Å². The summed E-state index contributed by atoms with van der Waals surface area (Å²) in [4.78, 5) is 0. The monoisotopic (exact) mass is 154 g/mol. The normalized spacial score (nSPS) is 9.64. The van der Waals surface area contributed by atoms with Crippen LogP contribution in [0.15, 0.2) is 31.0 Å². The Morgan fingerprint density at radius 1 is 1.82 bits per heavy atom. The molecule has 0 bridgehead atoms. The summed E-state index contributed by atoms with van der Waals surface area (Å²) in [5.74, 6) is 0. The van der Waals surface area contributed by atoms with Crippen LogP contribution in [0.2, 0.25) is 0 Å². The van der Waals surface area contributed by atoms with E-state index >= 15 is 0 Å². The predicted molar refractivity (Wildman–Crippen MR) is 39.7 cm³/mol. The number of rotatable bonds is 3. The molecule has 0 aliphatic rings. The smallest absolute Gasteiger partial charge is 0.243 e. The summed E-state index contributed by atoms with van der Waals surface area (Å²) in [5.41, 5.74) is 2.57. The Bertz CT molecular complexity index is 254. The molecule has 1 aromatic rings. The molecule has 0 saturated heterocycles. The summed E-state index contributed by atoms with van der Waals surface area (Å²) in [7, 11) is 1.94. The zero-order valence-corrected chi connectivity index (χ0v) is 6.49. The number of imidazole rings is 1. The molecular weight excluding hydrogens is 142 g/mol. The van der Waals surface area contributed by atoms with Gasteiger partial charge in [0.1, 0.15) is 18.9 Å². The first-order valence-corrected chi connectivity index (χ1v) is 3.31. The third kappa shape index (κ3) is 2.09. The number of nitrogens with one attached hydrogen (secondary N) is 1. The van der Waals surface area contributed by atoms with Gasteiger partial charge in [0.25, 0.3) is 0 Å². The molecule has 4 heteroatoms. The molecule has 0 saturated carbocycles. The number of hydrogen-bond donors (Lipinski definition) is 2. The number of nitrogens with zero attached hydrogens (tertiary/aromatic N) is 2. The number of allylic oxidation sites excluding steroid dienone is 1. The molecule has 0 atom stereocenters. The van der Waals surface area contributed by atoms with Crippen molar-refractivity contribution >= 4 is 0 Å². The van der Waals surface area contributed by atoms with E-state index in [1.807, 2.05) is 40.4 Å². The third-order valence-electron chi connectivity index (χ3n) is 1.36. The highest BCUT2D eigenvalue weighted by Crippen LogP contribution is 1.89. The quantitative estimate of drug-likeness (QED) is 0.468. The fourth-order valence-corrected chi connectivity index (χ4v) is 0.851. The van der Waals surface area contributed by atoms with Gasteiger partial charge in [-0.25, -0.2) is 9.13 Å². The molecular formula is C7H12N3O+. The predicted octanol–water partition coefficient (Wildman–Crippen LogP) is -0.195. The molecule has 0 amide bonds. The molecule has 0 radical (unpaired) electrons. The Morgan fingerprint density at radius 3 is 3.00 bits per heavy atom. The van der Waals surface area contributed by atoms with Gasteiger partial charge in [0.2, 0.25) is 6.33 Å². The summed E-state index contributed by atoms with van der Waals surface area (Å²) in [6, 6.07) is 0. The maximum absolute atomic E-state index is 8.43. The minimum absolute atomic E-state index is 0.571. The molecule has 1 aromatic heterocycles. The van der Waals surface area contributed by atoms with Crippen molar-refractivity contribution in [2.45, 2.75) is 6.54 Å². The van der Waals surface area contributed by atoms with E-state index in [9.17, 15) is 0 Å². The molecule has 4 nitrogen and oxygen atoms in total. The van der Waals surface area contributed by atoms with E-state index in [1.54, 1.807) is 0 Å². The summed E-state index contributed by atoms with van der Waals surface area (Å²) in [6.45, 7) is 4.17. The first-order valence-electron chi connectivity index (χ1n) is 3.31. The Hall–Kier alpha value is -1.29. The van der Waals surface area contributed by atoms with Crippen LogP contribution in [-0.4, -0.2) is 9.77 Å². The van der Waals surface area contributed by atoms with Crippen LogP contribution in [0, 0.1) is 0 Å². The van der Waals surface area contributed by atoms with Gasteiger partial charge in [0.15, 0.2) is 0 Å². The van der Waals surface area contributed by atoms with Gasteiger partial charge in [-0.15, -0.1) is 0 Å². The SMILES string of the molecule is C=C(Cn1cc[n+](C)c1)NO. The highest BCUT2D eigenvalue weighted by atomic mass is 16.5. The lowest BCUT2D eigenvalue weighted by atomic mass is 10.5. The maximum Gasteiger partial charge on any atom is 0.243 e. The molecule has 1 rings (SSSR count). The molecule has 0 unspecified atom stereocenters. The lowest BCUT2D eigenvalue weighted by Crippen LogP contribution is -2.24. The third-order valence-corrected chi connectivity index (χ3v) is 1.36. The van der Waals surface area contributed by atoms with E-state index in [-0.39, 0.29) is 0 Å². The minimum Gasteiger partial charge on any atom is -0.291 e. The van der Waals surface area contributed by atoms with Gasteiger partial charge in [0, 0.05) is 0 Å². The van der Waals surface area contributed by atoms with Crippen LogP contribution < -0.4 is 10.0 Å². The Morgan fingerprint density at radius 2 is 2.55 bits per heavy atom. The van der Waals surface area contributed by atoms with Crippen molar-refractivity contribution < 1.29 is 9.77 Å². The Balaban J connectivity index is 2.57. The zero-order valence-electron chi connectivity index (χ0n) is 6.49. The van der Waals surface area contributed by atoms with E-state index in [1.165, 1.54) is 0 Å². The number of aromatic nitrogens is 2. The summed E-state index contributed by atoms with van der Waals surface area (Å²) < 4.78 is 3.83. The average molecular weight is 154 g/mol. The topological polar surface area (TPSA) is 41.1 Å². The van der Waals surface area contributed by atoms with Crippen LogP contribution in [0.3, 0.4) is 0 Å². The van der Waals surface area contributed by atoms with Crippen molar-refractivity contribution in [2.24, 2.45) is 7.05 Å². The Labute approximate surface area is 65.3 Å². The van der Waals surface area contributed by atoms with Gasteiger partial charge < -0.3 is 0 Å². The van der Waals surface area contributed by atoms with Crippen molar-refractivity contribution in [2.75, 3.05) is 0 Å². The standard InChI is InChI=1S/C7H12N3O/c1-7(8-11)5-10-4-3-9(2)6-10/h3-4,6,8,11H,1,5H2,2H3/q+1. The lowest BCUT2D eigenvalue weighted by molar-refractivity contribution is -0.671. The zero-order chi connectivity index (χ0) is 8.27. The molecule has 1 heterocycles. The first-order chi connectivity index (χ1) is 5.22. The number of hydrogen-bond acceptors (Lipinski definition) is 2. The first kappa shape index (κ1) is 7.81. The summed E-state index contributed by atoms with van der Waals surface area (Å²) in [6.07, 6.45) is 5.73. The molecule has 11 heavy (non-hydrogen) atoms. The van der Waals surface area contributed by atoms with Gasteiger partial charge in [-0.3, -0.25) is 10.7 Å². The molecule has 60 valence electrons. The van der Waals surface area contributed by atoms with Crippen LogP contribution >= 0.6 is 0 Å². The van der Waals surface area contributed by atoms with Gasteiger partial charge in [-0.05, 0) is 0 Å². The lowest BCUT2D eigenvalue weighted by Gasteiger charge is -1.97. The van der Waals surface area contributed by atoms with E-state index < -0.39 is 0 Å². The van der Waals surface area contributed by atoms with Crippen LogP contribution in [0.25, 0.3) is 0 Å². The number of hydroxylamine groups is 1. The van der Waals surface area contributed by atoms with Gasteiger partial charge in [-0.1, -0.05) is 6.58 Å². The van der Waals surface area contributed by atoms with Crippen LogP contribution in [0.1, 0.15) is 0 Å². The number of aryl methyl sites for hydroxylation is 1. The van der Waals surface area contributed by atoms with Gasteiger partial charge >= 0.3 is 0 Å². The summed E-state index contributed by atoms with van der Waals surface area (Å²) in [5, 5.41) is 8.43. The van der Waals surface area contributed by atoms with E-state index in [2.05, 4.69) is 6.58 Å². The minimum atomic E-state index is 0.571. The van der Waals surface area contributed by atoms with Crippen molar-refractivity contribution in [3.63, 3.8) is 0 Å². The van der Waals surface area contributed by atoms with Crippen LogP contribution in [0.4, 0.5) is 0 Å². The van der Waals surface area contributed by atoms with E-state index in [4.69, 9.17) is 5.21 Å². The Kier molecular flexibility index (Phi) is 2.28. The highest BCUT2D eigenvalue weighted by Gasteiger charge is 2.00. The van der Waals surface area contributed by atoms with Crippen molar-refractivity contribution in [1.82, 2.24) is 10.0 Å². The van der Waals surface area contributed by atoms with Crippen LogP contribution in [0.5, 0.6) is 0 Å². The molecule has 0 aliphatic heterocycles. The maximum atomic E-state index is 8.43.